The Balaban J connectivity index is 1.63. The lowest BCUT2D eigenvalue weighted by Crippen LogP contribution is -2.70. The Kier molecular flexibility index (Phi) is 5.31. The first kappa shape index (κ1) is 20.4. The van der Waals surface area contributed by atoms with Gasteiger partial charge in [-0.2, -0.15) is 0 Å². The van der Waals surface area contributed by atoms with Crippen LogP contribution in [0.25, 0.3) is 0 Å². The summed E-state index contributed by atoms with van der Waals surface area (Å²) in [5.74, 6) is -0.907. The zero-order valence-electron chi connectivity index (χ0n) is 15.4. The minimum atomic E-state index is -4.80. The molecule has 0 heterocycles. The summed E-state index contributed by atoms with van der Waals surface area (Å²) in [7, 11) is 0. The van der Waals surface area contributed by atoms with Crippen LogP contribution in [-0.2, 0) is 16.0 Å². The third kappa shape index (κ3) is 4.57. The van der Waals surface area contributed by atoms with Gasteiger partial charge >= 0.3 is 6.36 Å². The lowest BCUT2D eigenvalue weighted by Gasteiger charge is -2.56. The van der Waals surface area contributed by atoms with Crippen LogP contribution in [0.5, 0.6) is 5.75 Å². The van der Waals surface area contributed by atoms with Gasteiger partial charge in [0.1, 0.15) is 5.75 Å². The van der Waals surface area contributed by atoms with Crippen LogP contribution in [0.15, 0.2) is 24.3 Å². The third-order valence-electron chi connectivity index (χ3n) is 5.65. The van der Waals surface area contributed by atoms with Gasteiger partial charge in [-0.1, -0.05) is 12.1 Å². The second-order valence-electron chi connectivity index (χ2n) is 7.76. The maximum Gasteiger partial charge on any atom is 0.573 e. The number of benzene rings is 1. The minimum Gasteiger partial charge on any atom is -0.406 e. The quantitative estimate of drug-likeness (QED) is 0.707. The van der Waals surface area contributed by atoms with Crippen LogP contribution < -0.4 is 15.4 Å². The van der Waals surface area contributed by atoms with Crippen LogP contribution >= 0.6 is 0 Å². The average Bonchev–Trinajstić information content (AvgIpc) is 2.54. The number of amides is 2. The SMILES string of the molecule is CC(=O)NC12CCC(NC(=O)Cc3cccc(OC(F)(F)F)c3)(CC1)C(O)C2. The maximum absolute atomic E-state index is 12.5. The molecule has 0 aromatic heterocycles. The van der Waals surface area contributed by atoms with Crippen LogP contribution in [0.2, 0.25) is 0 Å². The van der Waals surface area contributed by atoms with Gasteiger partial charge in [0.05, 0.1) is 18.1 Å². The monoisotopic (exact) mass is 400 g/mol. The summed E-state index contributed by atoms with van der Waals surface area (Å²) in [6.07, 6.45) is -3.01. The topological polar surface area (TPSA) is 87.7 Å². The van der Waals surface area contributed by atoms with Crippen molar-refractivity contribution in [3.63, 3.8) is 0 Å². The number of alkyl halides is 3. The second-order valence-corrected chi connectivity index (χ2v) is 7.76. The molecule has 4 rings (SSSR count). The molecule has 3 N–H and O–H groups in total. The fraction of sp³-hybridized carbons (Fsp3) is 0.579. The summed E-state index contributed by atoms with van der Waals surface area (Å²) >= 11 is 0. The molecule has 6 nitrogen and oxygen atoms in total. The van der Waals surface area contributed by atoms with Crippen LogP contribution in [0.4, 0.5) is 13.2 Å². The minimum absolute atomic E-state index is 0.125. The van der Waals surface area contributed by atoms with E-state index in [1.807, 2.05) is 0 Å². The smallest absolute Gasteiger partial charge is 0.406 e. The van der Waals surface area contributed by atoms with E-state index in [1.54, 1.807) is 6.07 Å². The summed E-state index contributed by atoms with van der Waals surface area (Å²) in [5.41, 5.74) is -0.817. The van der Waals surface area contributed by atoms with E-state index >= 15 is 0 Å². The Morgan fingerprint density at radius 2 is 1.89 bits per heavy atom. The number of fused-ring (bicyclic) bond motifs is 3. The molecule has 1 aromatic carbocycles. The van der Waals surface area contributed by atoms with Crippen molar-refractivity contribution in [2.45, 2.75) is 69.0 Å². The number of hydrogen-bond acceptors (Lipinski definition) is 4. The van der Waals surface area contributed by atoms with Crippen molar-refractivity contribution in [2.24, 2.45) is 0 Å². The molecular formula is C19H23F3N2O4. The van der Waals surface area contributed by atoms with Gasteiger partial charge in [0.25, 0.3) is 0 Å². The van der Waals surface area contributed by atoms with E-state index in [0.29, 0.717) is 37.7 Å². The Bertz CT molecular complexity index is 758. The molecular weight excluding hydrogens is 377 g/mol. The highest BCUT2D eigenvalue weighted by Crippen LogP contribution is 2.47. The molecule has 1 unspecified atom stereocenters. The Morgan fingerprint density at radius 3 is 2.46 bits per heavy atom. The number of aliphatic hydroxyl groups excluding tert-OH is 1. The van der Waals surface area contributed by atoms with Crippen molar-refractivity contribution in [3.05, 3.63) is 29.8 Å². The standard InChI is InChI=1S/C19H23F3N2O4/c1-12(25)23-17-5-7-18(8-6-17,15(26)11-17)24-16(27)10-13-3-2-4-14(9-13)28-19(20,21)22/h2-4,9,15,26H,5-8,10-11H2,1H3,(H,23,25)(H,24,27). The maximum atomic E-state index is 12.5. The number of carbonyl (C=O) groups excluding carboxylic acids is 2. The van der Waals surface area contributed by atoms with Crippen molar-refractivity contribution in [1.29, 1.82) is 0 Å². The molecule has 1 atom stereocenters. The molecule has 3 fully saturated rings. The molecule has 3 aliphatic rings. The van der Waals surface area contributed by atoms with Gasteiger partial charge in [-0.25, -0.2) is 0 Å². The summed E-state index contributed by atoms with van der Waals surface area (Å²) in [5, 5.41) is 16.4. The Labute approximate surface area is 160 Å². The first-order chi connectivity index (χ1) is 13.0. The van der Waals surface area contributed by atoms with Crippen LogP contribution in [0, 0.1) is 0 Å². The number of hydrogen-bond donors (Lipinski definition) is 3. The van der Waals surface area contributed by atoms with E-state index in [9.17, 15) is 27.9 Å². The molecule has 0 saturated heterocycles. The molecule has 0 spiro atoms. The Hall–Kier alpha value is -2.29. The van der Waals surface area contributed by atoms with E-state index in [1.165, 1.54) is 25.1 Å². The van der Waals surface area contributed by atoms with Gasteiger partial charge in [0, 0.05) is 12.5 Å². The number of halogens is 3. The molecule has 28 heavy (non-hydrogen) atoms. The summed E-state index contributed by atoms with van der Waals surface area (Å²) < 4.78 is 40.9. The normalized spacial score (nSPS) is 29.2. The van der Waals surface area contributed by atoms with E-state index in [-0.39, 0.29) is 24.0 Å². The fourth-order valence-corrected chi connectivity index (χ4v) is 4.40. The van der Waals surface area contributed by atoms with Gasteiger partial charge in [0.15, 0.2) is 0 Å². The van der Waals surface area contributed by atoms with E-state index in [4.69, 9.17) is 0 Å². The zero-order chi connectivity index (χ0) is 20.6. The molecule has 9 heteroatoms. The molecule has 3 saturated carbocycles. The first-order valence-electron chi connectivity index (χ1n) is 9.13. The number of ether oxygens (including phenoxy) is 1. The van der Waals surface area contributed by atoms with Crippen molar-refractivity contribution < 1.29 is 32.6 Å². The number of carbonyl (C=O) groups is 2. The van der Waals surface area contributed by atoms with Gasteiger partial charge < -0.3 is 20.5 Å². The predicted molar refractivity (Wildman–Crippen MR) is 93.3 cm³/mol. The van der Waals surface area contributed by atoms with Crippen LogP contribution in [-0.4, -0.2) is 40.5 Å². The lowest BCUT2D eigenvalue weighted by atomic mass is 9.60. The summed E-state index contributed by atoms with van der Waals surface area (Å²) in [4.78, 5) is 23.9. The van der Waals surface area contributed by atoms with Gasteiger partial charge in [0.2, 0.25) is 11.8 Å². The van der Waals surface area contributed by atoms with E-state index in [2.05, 4.69) is 15.4 Å². The van der Waals surface area contributed by atoms with Crippen LogP contribution in [0.3, 0.4) is 0 Å². The van der Waals surface area contributed by atoms with Gasteiger partial charge in [-0.15, -0.1) is 13.2 Å². The van der Waals surface area contributed by atoms with Gasteiger partial charge in [-0.3, -0.25) is 9.59 Å². The zero-order valence-corrected chi connectivity index (χ0v) is 15.4. The Morgan fingerprint density at radius 1 is 1.21 bits per heavy atom. The van der Waals surface area contributed by atoms with E-state index < -0.39 is 23.5 Å². The predicted octanol–water partition coefficient (Wildman–Crippen LogP) is 2.20. The molecule has 2 amide bonds. The number of rotatable bonds is 5. The van der Waals surface area contributed by atoms with Crippen LogP contribution in [0.1, 0.15) is 44.6 Å². The highest BCUT2D eigenvalue weighted by Gasteiger charge is 2.55. The highest BCUT2D eigenvalue weighted by molar-refractivity contribution is 5.80. The lowest BCUT2D eigenvalue weighted by molar-refractivity contribution is -0.274. The van der Waals surface area contributed by atoms with Crippen molar-refractivity contribution in [2.75, 3.05) is 0 Å². The molecule has 2 bridgehead atoms. The molecule has 1 aromatic rings. The van der Waals surface area contributed by atoms with Crippen molar-refractivity contribution >= 4 is 11.8 Å². The highest BCUT2D eigenvalue weighted by atomic mass is 19.4. The summed E-state index contributed by atoms with van der Waals surface area (Å²) in [6.45, 7) is 1.44. The molecule has 0 aliphatic heterocycles. The number of aliphatic hydroxyl groups is 1. The number of nitrogens with one attached hydrogen (secondary N) is 2. The second kappa shape index (κ2) is 7.27. The first-order valence-corrected chi connectivity index (χ1v) is 9.13. The van der Waals surface area contributed by atoms with Gasteiger partial charge in [-0.05, 0) is 49.8 Å². The average molecular weight is 400 g/mol. The third-order valence-corrected chi connectivity index (χ3v) is 5.65. The summed E-state index contributed by atoms with van der Waals surface area (Å²) in [6, 6.07) is 5.27. The molecule has 0 radical (unpaired) electrons. The van der Waals surface area contributed by atoms with Crippen molar-refractivity contribution in [1.82, 2.24) is 10.6 Å². The van der Waals surface area contributed by atoms with Crippen molar-refractivity contribution in [3.8, 4) is 5.75 Å². The van der Waals surface area contributed by atoms with E-state index in [0.717, 1.165) is 0 Å². The largest absolute Gasteiger partial charge is 0.573 e. The molecule has 3 aliphatic carbocycles. The molecule has 154 valence electrons. The fourth-order valence-electron chi connectivity index (χ4n) is 4.40.